The molecule has 0 saturated carbocycles. The Labute approximate surface area is 573 Å². The zero-order chi connectivity index (χ0) is 66.7. The van der Waals surface area contributed by atoms with E-state index >= 15 is 0 Å². The van der Waals surface area contributed by atoms with E-state index in [9.17, 15) is 0 Å². The van der Waals surface area contributed by atoms with Crippen LogP contribution in [0.1, 0.15) is 83.9 Å². The molecule has 14 aromatic rings. The molecule has 0 fully saturated rings. The number of hydrogen-bond donors (Lipinski definition) is 0. The van der Waals surface area contributed by atoms with Crippen LogP contribution in [0, 0.1) is 5.41 Å². The largest absolute Gasteiger partial charge is 0.333 e. The molecular weight excluding hydrogens is 1200 g/mol. The number of allylic oxidation sites excluding steroid dienone is 2. The highest BCUT2D eigenvalue weighted by Crippen LogP contribution is 2.52. The number of para-hydroxylation sites is 1. The summed E-state index contributed by atoms with van der Waals surface area (Å²) in [4.78, 5) is 43.3. The topological polar surface area (TPSA) is 111 Å². The highest BCUT2D eigenvalue weighted by atomic mass is 15.2. The van der Waals surface area contributed by atoms with Crippen molar-refractivity contribution in [3.63, 3.8) is 0 Å². The van der Waals surface area contributed by atoms with E-state index < -0.39 is 0 Å². The van der Waals surface area contributed by atoms with Crippen LogP contribution >= 0.6 is 0 Å². The Balaban J connectivity index is 0.731. The van der Waals surface area contributed by atoms with Crippen LogP contribution in [-0.4, -0.2) is 50.5 Å². The zero-order valence-electron chi connectivity index (χ0n) is 56.2. The van der Waals surface area contributed by atoms with Crippen LogP contribution in [0.25, 0.3) is 118 Å². The monoisotopic (exact) mass is 1270 g/mol. The number of rotatable bonds is 15. The first-order valence-electron chi connectivity index (χ1n) is 33.9. The predicted octanol–water partition coefficient (Wildman–Crippen LogP) is 21.5. The van der Waals surface area contributed by atoms with E-state index in [1.165, 1.54) is 38.7 Å². The van der Waals surface area contributed by atoms with Gasteiger partial charge < -0.3 is 9.47 Å². The Hall–Kier alpha value is -11.6. The summed E-state index contributed by atoms with van der Waals surface area (Å²) in [5.41, 5.74) is 19.4. The minimum atomic E-state index is -0.193. The van der Waals surface area contributed by atoms with Gasteiger partial charge in [0.1, 0.15) is 0 Å². The van der Waals surface area contributed by atoms with E-state index in [2.05, 4.69) is 185 Å². The average Bonchev–Trinajstić information content (AvgIpc) is 1.58. The third-order valence-corrected chi connectivity index (χ3v) is 19.9. The second-order valence-electron chi connectivity index (χ2n) is 28.2. The van der Waals surface area contributed by atoms with Gasteiger partial charge in [-0.05, 0) is 130 Å². The van der Waals surface area contributed by atoms with E-state index in [0.717, 1.165) is 91.1 Å². The molecule has 476 valence electrons. The Bertz CT molecular complexity index is 5250. The fraction of sp³-hybridized carbons (Fsp3) is 0.159. The van der Waals surface area contributed by atoms with E-state index in [4.69, 9.17) is 39.9 Å². The molecule has 2 aliphatic rings. The van der Waals surface area contributed by atoms with Gasteiger partial charge in [-0.15, -0.1) is 0 Å². The van der Waals surface area contributed by atoms with Crippen molar-refractivity contribution in [2.24, 2.45) is 5.41 Å². The lowest BCUT2D eigenvalue weighted by molar-refractivity contribution is 0.338. The van der Waals surface area contributed by atoms with Gasteiger partial charge in [0.25, 0.3) is 0 Å². The number of fused-ring (bicyclic) bond motifs is 6. The first-order valence-corrected chi connectivity index (χ1v) is 33.9. The first kappa shape index (κ1) is 61.3. The van der Waals surface area contributed by atoms with Gasteiger partial charge in [0, 0.05) is 90.7 Å². The Morgan fingerprint density at radius 2 is 0.796 bits per heavy atom. The van der Waals surface area contributed by atoms with Crippen LogP contribution in [0.5, 0.6) is 0 Å². The van der Waals surface area contributed by atoms with E-state index in [0.29, 0.717) is 34.9 Å². The van der Waals surface area contributed by atoms with Crippen LogP contribution in [-0.2, 0) is 10.8 Å². The summed E-state index contributed by atoms with van der Waals surface area (Å²) in [5, 5.41) is 2.42. The molecule has 10 nitrogen and oxygen atoms in total. The summed E-state index contributed by atoms with van der Waals surface area (Å²) in [6.45, 7) is 16.6. The lowest BCUT2D eigenvalue weighted by Gasteiger charge is -2.36. The van der Waals surface area contributed by atoms with E-state index in [-0.39, 0.29) is 28.2 Å². The Morgan fingerprint density at radius 1 is 0.367 bits per heavy atom. The highest BCUT2D eigenvalue weighted by molar-refractivity contribution is 6.10. The van der Waals surface area contributed by atoms with Crippen LogP contribution in [0.4, 0.5) is 11.4 Å². The molecular formula is C88H74N10. The molecule has 1 aliphatic carbocycles. The standard InChI is InChI=1S/C88H74N10/c1-86(2,3)61-38-43-67-68-44-39-63(54-79(68)98(78(67)53-61)65-42-46-70(72(56-65)75-36-23-25-51-90-75)85-95-82(59-30-16-10-17-31-59)92-83(96-85)60-32-18-11-19-33-60)88(6,7)49-48-87(4,5)62-40-47-77-73(52-62)66-34-20-21-37-76(66)97(77)64-41-45-69(71(55-64)74-35-22-24-50-89-74)84-93-80(57-26-12-8-13-27-57)91-81(94-84)58-28-14-9-15-29-58/h8-47,50-56,73,77H,48-49H2,1-7H3. The van der Waals surface area contributed by atoms with Crippen molar-refractivity contribution in [1.29, 1.82) is 0 Å². The van der Waals surface area contributed by atoms with Gasteiger partial charge in [-0.3, -0.25) is 9.97 Å². The lowest BCUT2D eigenvalue weighted by atomic mass is 9.70. The van der Waals surface area contributed by atoms with Crippen molar-refractivity contribution in [1.82, 2.24) is 44.4 Å². The molecule has 0 amide bonds. The molecule has 2 unspecified atom stereocenters. The second kappa shape index (κ2) is 24.9. The molecule has 0 N–H and O–H groups in total. The molecule has 0 bridgehead atoms. The van der Waals surface area contributed by atoms with E-state index in [1.54, 1.807) is 0 Å². The maximum Gasteiger partial charge on any atom is 0.164 e. The summed E-state index contributed by atoms with van der Waals surface area (Å²) in [7, 11) is 0. The number of hydrogen-bond acceptors (Lipinski definition) is 9. The van der Waals surface area contributed by atoms with Crippen molar-refractivity contribution in [2.45, 2.75) is 84.1 Å². The summed E-state index contributed by atoms with van der Waals surface area (Å²) in [5.74, 6) is 3.75. The van der Waals surface area contributed by atoms with E-state index in [1.807, 2.05) is 158 Å². The number of aromatic nitrogens is 9. The molecule has 0 spiro atoms. The van der Waals surface area contributed by atoms with Crippen LogP contribution in [0.3, 0.4) is 0 Å². The molecule has 1 aliphatic heterocycles. The summed E-state index contributed by atoms with van der Waals surface area (Å²) in [6, 6.07) is 89.4. The molecule has 9 aromatic carbocycles. The number of pyridine rings is 2. The van der Waals surface area contributed by atoms with Gasteiger partial charge in [-0.1, -0.05) is 243 Å². The molecule has 16 rings (SSSR count). The highest BCUT2D eigenvalue weighted by Gasteiger charge is 2.41. The van der Waals surface area contributed by atoms with Crippen molar-refractivity contribution >= 4 is 33.2 Å². The third kappa shape index (κ3) is 11.5. The molecule has 2 atom stereocenters. The molecule has 98 heavy (non-hydrogen) atoms. The van der Waals surface area contributed by atoms with Gasteiger partial charge in [0.15, 0.2) is 34.9 Å². The normalized spacial score (nSPS) is 14.6. The van der Waals surface area contributed by atoms with Gasteiger partial charge in [0.05, 0.1) is 28.5 Å². The van der Waals surface area contributed by atoms with Crippen LogP contribution < -0.4 is 4.90 Å². The smallest absolute Gasteiger partial charge is 0.164 e. The number of anilines is 2. The van der Waals surface area contributed by atoms with Crippen LogP contribution in [0.15, 0.2) is 291 Å². The van der Waals surface area contributed by atoms with Crippen molar-refractivity contribution < 1.29 is 0 Å². The number of nitrogens with zero attached hydrogens (tertiary/aromatic N) is 10. The average molecular weight is 1270 g/mol. The summed E-state index contributed by atoms with van der Waals surface area (Å²) >= 11 is 0. The Kier molecular flexibility index (Phi) is 15.5. The lowest BCUT2D eigenvalue weighted by Crippen LogP contribution is -2.31. The minimum Gasteiger partial charge on any atom is -0.333 e. The SMILES string of the molecule is CC(C)(CCC(C)(C)c1ccc2c3ccc(C(C)(C)C)cc3n(-c3ccc(-c4nc(-c5ccccc5)nc(-c5ccccc5)n4)c(-c4ccccn4)c3)c2c1)C1=CC2c3ccccc3N(c3ccc(-c4nc(-c5ccccc5)nc(-c5ccccc5)n4)c(-c4ccccn4)c3)C2C=C1. The molecule has 5 aromatic heterocycles. The molecule has 0 saturated heterocycles. The Morgan fingerprint density at radius 3 is 1.29 bits per heavy atom. The summed E-state index contributed by atoms with van der Waals surface area (Å²) in [6.07, 6.45) is 13.1. The molecule has 6 heterocycles. The summed E-state index contributed by atoms with van der Waals surface area (Å²) < 4.78 is 2.47. The fourth-order valence-corrected chi connectivity index (χ4v) is 14.3. The van der Waals surface area contributed by atoms with Gasteiger partial charge in [-0.2, -0.15) is 0 Å². The number of benzene rings is 9. The fourth-order valence-electron chi connectivity index (χ4n) is 14.3. The molecule has 0 radical (unpaired) electrons. The van der Waals surface area contributed by atoms with Gasteiger partial charge in [-0.25, -0.2) is 29.9 Å². The maximum absolute atomic E-state index is 5.22. The van der Waals surface area contributed by atoms with Crippen molar-refractivity contribution in [2.75, 3.05) is 4.90 Å². The first-order chi connectivity index (χ1) is 47.7. The quantitative estimate of drug-likeness (QED) is 0.0990. The van der Waals surface area contributed by atoms with Gasteiger partial charge >= 0.3 is 0 Å². The molecule has 10 heteroatoms. The van der Waals surface area contributed by atoms with Crippen molar-refractivity contribution in [3.05, 3.63) is 308 Å². The van der Waals surface area contributed by atoms with Gasteiger partial charge in [0.2, 0.25) is 0 Å². The second-order valence-corrected chi connectivity index (χ2v) is 28.2. The minimum absolute atomic E-state index is 0.0514. The zero-order valence-corrected chi connectivity index (χ0v) is 56.2. The third-order valence-electron chi connectivity index (χ3n) is 19.9. The van der Waals surface area contributed by atoms with Crippen molar-refractivity contribution in [3.8, 4) is 96.5 Å². The van der Waals surface area contributed by atoms with Crippen LogP contribution in [0.2, 0.25) is 0 Å². The maximum atomic E-state index is 5.22. The predicted molar refractivity (Wildman–Crippen MR) is 400 cm³/mol.